The van der Waals surface area contributed by atoms with Crippen LogP contribution in [0.5, 0.6) is 0 Å². The van der Waals surface area contributed by atoms with Crippen LogP contribution in [0.1, 0.15) is 5.56 Å². The minimum Gasteiger partial charge on any atom is -0.318 e. The van der Waals surface area contributed by atoms with Gasteiger partial charge in [0.15, 0.2) is 0 Å². The normalized spacial score (nSPS) is 17.7. The van der Waals surface area contributed by atoms with Crippen LogP contribution in [-0.4, -0.2) is 48.1 Å². The van der Waals surface area contributed by atoms with Gasteiger partial charge in [-0.2, -0.15) is 0 Å². The third-order valence-corrected chi connectivity index (χ3v) is 3.28. The van der Waals surface area contributed by atoms with E-state index in [2.05, 4.69) is 22.4 Å². The summed E-state index contributed by atoms with van der Waals surface area (Å²) in [7, 11) is 2.09. The van der Waals surface area contributed by atoms with Crippen molar-refractivity contribution in [3.8, 4) is 0 Å². The van der Waals surface area contributed by atoms with Crippen molar-refractivity contribution in [2.45, 2.75) is 6.92 Å². The Bertz CT molecular complexity index is 442. The second kappa shape index (κ2) is 5.32. The minimum atomic E-state index is -0.343. The molecule has 0 spiro atoms. The van der Waals surface area contributed by atoms with E-state index in [1.807, 2.05) is 6.07 Å². The summed E-state index contributed by atoms with van der Waals surface area (Å²) in [5, 5.41) is 13.0. The third-order valence-electron chi connectivity index (χ3n) is 3.28. The van der Waals surface area contributed by atoms with E-state index in [1.54, 1.807) is 13.0 Å². The number of rotatable bonds is 3. The first-order valence-corrected chi connectivity index (χ1v) is 6.02. The molecule has 6 nitrogen and oxygen atoms in total. The summed E-state index contributed by atoms with van der Waals surface area (Å²) in [6, 6.07) is 5.12. The predicted octanol–water partition coefficient (Wildman–Crippen LogP) is 1.48. The maximum atomic E-state index is 10.9. The molecule has 0 radical (unpaired) electrons. The average molecular weight is 250 g/mol. The summed E-state index contributed by atoms with van der Waals surface area (Å²) in [5.74, 6) is 0. The maximum Gasteiger partial charge on any atom is 0.274 e. The minimum absolute atomic E-state index is 0.161. The number of nitro groups is 1. The Morgan fingerprint density at radius 2 is 1.94 bits per heavy atom. The molecule has 1 aliphatic heterocycles. The number of benzene rings is 1. The smallest absolute Gasteiger partial charge is 0.274 e. The second-order valence-electron chi connectivity index (χ2n) is 4.61. The average Bonchev–Trinajstić information content (AvgIpc) is 2.34. The van der Waals surface area contributed by atoms with E-state index in [0.717, 1.165) is 31.9 Å². The SMILES string of the molecule is Cc1c(NN2CCN(C)CC2)cccc1[N+](=O)[O-]. The zero-order chi connectivity index (χ0) is 13.1. The van der Waals surface area contributed by atoms with Crippen LogP contribution < -0.4 is 5.43 Å². The van der Waals surface area contributed by atoms with Crippen LogP contribution >= 0.6 is 0 Å². The molecule has 0 aromatic heterocycles. The lowest BCUT2D eigenvalue weighted by Crippen LogP contribution is -2.47. The molecular formula is C12H18N4O2. The number of hydrogen-bond donors (Lipinski definition) is 1. The van der Waals surface area contributed by atoms with Crippen molar-refractivity contribution in [1.82, 2.24) is 9.91 Å². The van der Waals surface area contributed by atoms with Crippen molar-refractivity contribution in [1.29, 1.82) is 0 Å². The van der Waals surface area contributed by atoms with Gasteiger partial charge in [0.2, 0.25) is 0 Å². The van der Waals surface area contributed by atoms with Crippen LogP contribution in [0.15, 0.2) is 18.2 Å². The summed E-state index contributed by atoms with van der Waals surface area (Å²) in [6.07, 6.45) is 0. The zero-order valence-corrected chi connectivity index (χ0v) is 10.7. The fourth-order valence-corrected chi connectivity index (χ4v) is 2.03. The lowest BCUT2D eigenvalue weighted by Gasteiger charge is -2.33. The molecule has 0 bridgehead atoms. The van der Waals surface area contributed by atoms with Gasteiger partial charge in [-0.3, -0.25) is 10.1 Å². The van der Waals surface area contributed by atoms with E-state index in [4.69, 9.17) is 0 Å². The van der Waals surface area contributed by atoms with Crippen molar-refractivity contribution in [3.63, 3.8) is 0 Å². The van der Waals surface area contributed by atoms with Crippen LogP contribution in [0.2, 0.25) is 0 Å². The topological polar surface area (TPSA) is 61.6 Å². The van der Waals surface area contributed by atoms with E-state index in [1.165, 1.54) is 6.07 Å². The number of hydrazine groups is 1. The molecule has 1 saturated heterocycles. The van der Waals surface area contributed by atoms with Gasteiger partial charge in [0.25, 0.3) is 5.69 Å². The van der Waals surface area contributed by atoms with Gasteiger partial charge >= 0.3 is 0 Å². The van der Waals surface area contributed by atoms with Gasteiger partial charge in [-0.05, 0) is 20.0 Å². The van der Waals surface area contributed by atoms with E-state index in [0.29, 0.717) is 5.56 Å². The molecule has 2 rings (SSSR count). The molecule has 1 aromatic carbocycles. The Kier molecular flexibility index (Phi) is 3.78. The molecule has 6 heteroatoms. The molecule has 0 amide bonds. The third kappa shape index (κ3) is 2.77. The summed E-state index contributed by atoms with van der Waals surface area (Å²) < 4.78 is 0. The summed E-state index contributed by atoms with van der Waals surface area (Å²) in [6.45, 7) is 5.61. The molecule has 1 N–H and O–H groups in total. The largest absolute Gasteiger partial charge is 0.318 e. The molecule has 0 aliphatic carbocycles. The van der Waals surface area contributed by atoms with E-state index >= 15 is 0 Å². The summed E-state index contributed by atoms with van der Waals surface area (Å²) in [4.78, 5) is 12.8. The number of nitrogens with one attached hydrogen (secondary N) is 1. The van der Waals surface area contributed by atoms with E-state index < -0.39 is 0 Å². The molecule has 1 fully saturated rings. The molecule has 0 atom stereocenters. The highest BCUT2D eigenvalue weighted by Gasteiger charge is 2.17. The van der Waals surface area contributed by atoms with E-state index in [-0.39, 0.29) is 10.6 Å². The first-order chi connectivity index (χ1) is 8.58. The van der Waals surface area contributed by atoms with Crippen LogP contribution in [0, 0.1) is 17.0 Å². The van der Waals surface area contributed by atoms with Gasteiger partial charge in [0, 0.05) is 32.2 Å². The molecular weight excluding hydrogens is 232 g/mol. The van der Waals surface area contributed by atoms with Gasteiger partial charge in [-0.15, -0.1) is 0 Å². The molecule has 0 unspecified atom stereocenters. The van der Waals surface area contributed by atoms with Gasteiger partial charge in [-0.1, -0.05) is 6.07 Å². The van der Waals surface area contributed by atoms with Crippen molar-refractivity contribution in [2.24, 2.45) is 0 Å². The zero-order valence-electron chi connectivity index (χ0n) is 10.7. The van der Waals surface area contributed by atoms with Gasteiger partial charge in [0.1, 0.15) is 0 Å². The van der Waals surface area contributed by atoms with Crippen LogP contribution in [-0.2, 0) is 0 Å². The standard InChI is InChI=1S/C12H18N4O2/c1-10-11(4-3-5-12(10)16(17)18)13-15-8-6-14(2)7-9-15/h3-5,13H,6-9H2,1-2H3. The fraction of sp³-hybridized carbons (Fsp3) is 0.500. The van der Waals surface area contributed by atoms with E-state index in [9.17, 15) is 10.1 Å². The lowest BCUT2D eigenvalue weighted by molar-refractivity contribution is -0.385. The van der Waals surface area contributed by atoms with Crippen molar-refractivity contribution < 1.29 is 4.92 Å². The van der Waals surface area contributed by atoms with Gasteiger partial charge < -0.3 is 10.3 Å². The Morgan fingerprint density at radius 3 is 2.56 bits per heavy atom. The maximum absolute atomic E-state index is 10.9. The predicted molar refractivity (Wildman–Crippen MR) is 70.5 cm³/mol. The molecule has 1 aliphatic rings. The van der Waals surface area contributed by atoms with Crippen molar-refractivity contribution >= 4 is 11.4 Å². The monoisotopic (exact) mass is 250 g/mol. The molecule has 18 heavy (non-hydrogen) atoms. The Hall–Kier alpha value is -1.66. The number of nitro benzene ring substituents is 1. The Balaban J connectivity index is 2.10. The van der Waals surface area contributed by atoms with Gasteiger partial charge in [-0.25, -0.2) is 5.01 Å². The molecule has 98 valence electrons. The van der Waals surface area contributed by atoms with Crippen LogP contribution in [0.3, 0.4) is 0 Å². The first-order valence-electron chi connectivity index (χ1n) is 6.02. The summed E-state index contributed by atoms with van der Waals surface area (Å²) in [5.41, 5.74) is 4.92. The van der Waals surface area contributed by atoms with Crippen molar-refractivity contribution in [3.05, 3.63) is 33.9 Å². The number of nitrogens with zero attached hydrogens (tertiary/aromatic N) is 3. The van der Waals surface area contributed by atoms with Crippen molar-refractivity contribution in [2.75, 3.05) is 38.7 Å². The highest BCUT2D eigenvalue weighted by Crippen LogP contribution is 2.25. The second-order valence-corrected chi connectivity index (χ2v) is 4.61. The lowest BCUT2D eigenvalue weighted by atomic mass is 10.1. The molecule has 0 saturated carbocycles. The highest BCUT2D eigenvalue weighted by atomic mass is 16.6. The van der Waals surface area contributed by atoms with Gasteiger partial charge in [0.05, 0.1) is 16.2 Å². The number of piperazine rings is 1. The quantitative estimate of drug-likeness (QED) is 0.650. The fourth-order valence-electron chi connectivity index (χ4n) is 2.03. The highest BCUT2D eigenvalue weighted by molar-refractivity contribution is 5.59. The number of likely N-dealkylation sites (N-methyl/N-ethyl adjacent to an activating group) is 1. The van der Waals surface area contributed by atoms with Crippen LogP contribution in [0.4, 0.5) is 11.4 Å². The summed E-state index contributed by atoms with van der Waals surface area (Å²) >= 11 is 0. The number of hydrogen-bond acceptors (Lipinski definition) is 5. The molecule has 1 heterocycles. The molecule has 1 aromatic rings. The Morgan fingerprint density at radius 1 is 1.28 bits per heavy atom. The number of anilines is 1. The Labute approximate surface area is 106 Å². The van der Waals surface area contributed by atoms with Crippen LogP contribution in [0.25, 0.3) is 0 Å². The first kappa shape index (κ1) is 12.8.